The van der Waals surface area contributed by atoms with Crippen molar-refractivity contribution < 1.29 is 9.13 Å². The molecular weight excluding hydrogens is 310 g/mol. The van der Waals surface area contributed by atoms with Crippen molar-refractivity contribution in [2.24, 2.45) is 0 Å². The van der Waals surface area contributed by atoms with Gasteiger partial charge in [-0.1, -0.05) is 35.3 Å². The van der Waals surface area contributed by atoms with Crippen molar-refractivity contribution >= 4 is 34.8 Å². The van der Waals surface area contributed by atoms with Crippen LogP contribution in [0.4, 0.5) is 4.39 Å². The van der Waals surface area contributed by atoms with E-state index in [2.05, 4.69) is 0 Å². The predicted octanol–water partition coefficient (Wildman–Crippen LogP) is 5.45. The molecule has 2 aromatic carbocycles. The number of ether oxygens (including phenoxy) is 1. The van der Waals surface area contributed by atoms with Crippen LogP contribution in [0.1, 0.15) is 11.1 Å². The van der Waals surface area contributed by atoms with Crippen LogP contribution in [0.2, 0.25) is 10.0 Å². The van der Waals surface area contributed by atoms with Gasteiger partial charge in [-0.3, -0.25) is 0 Å². The molecule has 2 aromatic rings. The molecule has 0 atom stereocenters. The summed E-state index contributed by atoms with van der Waals surface area (Å²) < 4.78 is 18.7. The summed E-state index contributed by atoms with van der Waals surface area (Å²) in [5.41, 5.74) is 1.36. The second kappa shape index (κ2) is 6.47. The number of halogens is 4. The monoisotopic (exact) mass is 318 g/mol. The number of hydrogen-bond acceptors (Lipinski definition) is 1. The van der Waals surface area contributed by atoms with Crippen molar-refractivity contribution in [3.05, 3.63) is 63.4 Å². The molecule has 0 bridgehead atoms. The lowest BCUT2D eigenvalue weighted by molar-refractivity contribution is 0.303. The predicted molar refractivity (Wildman–Crippen MR) is 76.8 cm³/mol. The highest BCUT2D eigenvalue weighted by atomic mass is 35.5. The second-order valence-corrected chi connectivity index (χ2v) is 4.94. The quantitative estimate of drug-likeness (QED) is 0.681. The Labute approximate surface area is 125 Å². The Hall–Kier alpha value is -0.960. The van der Waals surface area contributed by atoms with Gasteiger partial charge in [-0.15, -0.1) is 11.6 Å². The fraction of sp³-hybridized carbons (Fsp3) is 0.143. The van der Waals surface area contributed by atoms with Crippen LogP contribution in [0.15, 0.2) is 36.4 Å². The van der Waals surface area contributed by atoms with Gasteiger partial charge in [0.1, 0.15) is 18.2 Å². The number of rotatable bonds is 4. The first-order chi connectivity index (χ1) is 9.11. The van der Waals surface area contributed by atoms with Crippen LogP contribution in [0.5, 0.6) is 5.75 Å². The highest BCUT2D eigenvalue weighted by Crippen LogP contribution is 2.28. The Morgan fingerprint density at radius 2 is 1.84 bits per heavy atom. The molecular formula is C14H10Cl3FO. The van der Waals surface area contributed by atoms with Crippen LogP contribution in [0.3, 0.4) is 0 Å². The Morgan fingerprint density at radius 3 is 2.58 bits per heavy atom. The zero-order valence-corrected chi connectivity index (χ0v) is 12.1. The maximum atomic E-state index is 13.1. The minimum absolute atomic E-state index is 0.177. The highest BCUT2D eigenvalue weighted by Gasteiger charge is 2.08. The van der Waals surface area contributed by atoms with Crippen molar-refractivity contribution in [1.82, 2.24) is 0 Å². The molecule has 2 rings (SSSR count). The summed E-state index contributed by atoms with van der Waals surface area (Å²) in [5, 5.41) is 0.929. The van der Waals surface area contributed by atoms with E-state index >= 15 is 0 Å². The molecule has 0 saturated carbocycles. The largest absolute Gasteiger partial charge is 0.489 e. The van der Waals surface area contributed by atoms with Crippen molar-refractivity contribution in [3.63, 3.8) is 0 Å². The Kier molecular flexibility index (Phi) is 4.92. The van der Waals surface area contributed by atoms with E-state index < -0.39 is 0 Å². The topological polar surface area (TPSA) is 9.23 Å². The zero-order valence-electron chi connectivity index (χ0n) is 9.80. The van der Waals surface area contributed by atoms with Crippen molar-refractivity contribution in [2.75, 3.05) is 0 Å². The third-order valence-electron chi connectivity index (χ3n) is 2.58. The van der Waals surface area contributed by atoms with Gasteiger partial charge in [0.2, 0.25) is 0 Å². The maximum Gasteiger partial charge on any atom is 0.124 e. The number of alkyl halides is 1. The summed E-state index contributed by atoms with van der Waals surface area (Å²) in [5.74, 6) is 0.368. The van der Waals surface area contributed by atoms with Gasteiger partial charge in [-0.05, 0) is 24.3 Å². The summed E-state index contributed by atoms with van der Waals surface area (Å²) in [6.45, 7) is 0.245. The van der Waals surface area contributed by atoms with E-state index in [1.165, 1.54) is 12.1 Å². The molecule has 100 valence electrons. The molecule has 0 heterocycles. The Bertz CT molecular complexity index is 587. The fourth-order valence-corrected chi connectivity index (χ4v) is 2.19. The van der Waals surface area contributed by atoms with Gasteiger partial charge in [-0.25, -0.2) is 4.39 Å². The van der Waals surface area contributed by atoms with Crippen LogP contribution in [-0.2, 0) is 12.5 Å². The van der Waals surface area contributed by atoms with Gasteiger partial charge in [0, 0.05) is 11.1 Å². The molecule has 0 saturated heterocycles. The average molecular weight is 320 g/mol. The van der Waals surface area contributed by atoms with Crippen molar-refractivity contribution in [2.45, 2.75) is 12.5 Å². The summed E-state index contributed by atoms with van der Waals surface area (Å²) in [6.07, 6.45) is 0. The van der Waals surface area contributed by atoms with Gasteiger partial charge in [0.05, 0.1) is 15.9 Å². The molecule has 0 radical (unpaired) electrons. The molecule has 0 aliphatic carbocycles. The molecule has 0 aliphatic heterocycles. The molecule has 1 nitrogen and oxygen atoms in total. The maximum absolute atomic E-state index is 13.1. The SMILES string of the molecule is Fc1ccc(OCc2cccc(Cl)c2Cl)c(CCl)c1. The second-order valence-electron chi connectivity index (χ2n) is 3.89. The van der Waals surface area contributed by atoms with E-state index in [9.17, 15) is 4.39 Å². The van der Waals surface area contributed by atoms with Crippen LogP contribution >= 0.6 is 34.8 Å². The third kappa shape index (κ3) is 3.53. The minimum atomic E-state index is -0.344. The molecule has 0 aromatic heterocycles. The average Bonchev–Trinajstić information content (AvgIpc) is 2.41. The summed E-state index contributed by atoms with van der Waals surface area (Å²) >= 11 is 17.7. The van der Waals surface area contributed by atoms with E-state index in [0.717, 1.165) is 5.56 Å². The van der Waals surface area contributed by atoms with Crippen molar-refractivity contribution in [3.8, 4) is 5.75 Å². The molecule has 0 unspecified atom stereocenters. The van der Waals surface area contributed by atoms with E-state index in [1.54, 1.807) is 18.2 Å². The molecule has 0 aliphatic rings. The third-order valence-corrected chi connectivity index (χ3v) is 3.73. The van der Waals surface area contributed by atoms with Crippen LogP contribution in [0, 0.1) is 5.82 Å². The summed E-state index contributed by atoms with van der Waals surface area (Å²) in [7, 11) is 0. The minimum Gasteiger partial charge on any atom is -0.489 e. The first kappa shape index (κ1) is 14.4. The van der Waals surface area contributed by atoms with Gasteiger partial charge in [-0.2, -0.15) is 0 Å². The molecule has 0 amide bonds. The fourth-order valence-electron chi connectivity index (χ4n) is 1.61. The van der Waals surface area contributed by atoms with Gasteiger partial charge >= 0.3 is 0 Å². The van der Waals surface area contributed by atoms with E-state index in [4.69, 9.17) is 39.5 Å². The van der Waals surface area contributed by atoms with Crippen LogP contribution in [-0.4, -0.2) is 0 Å². The molecule has 0 spiro atoms. The summed E-state index contributed by atoms with van der Waals surface area (Å²) in [6, 6.07) is 9.53. The van der Waals surface area contributed by atoms with Crippen LogP contribution in [0.25, 0.3) is 0 Å². The van der Waals surface area contributed by atoms with E-state index in [-0.39, 0.29) is 18.3 Å². The normalized spacial score (nSPS) is 10.5. The first-order valence-electron chi connectivity index (χ1n) is 5.52. The smallest absolute Gasteiger partial charge is 0.124 e. The molecule has 0 N–H and O–H groups in total. The standard InChI is InChI=1S/C14H10Cl3FO/c15-7-10-6-11(18)4-5-13(10)19-8-9-2-1-3-12(16)14(9)17/h1-6H,7-8H2. The lowest BCUT2D eigenvalue weighted by atomic mass is 10.2. The highest BCUT2D eigenvalue weighted by molar-refractivity contribution is 6.42. The molecule has 19 heavy (non-hydrogen) atoms. The van der Waals surface area contributed by atoms with E-state index in [0.29, 0.717) is 21.4 Å². The van der Waals surface area contributed by atoms with Crippen LogP contribution < -0.4 is 4.74 Å². The van der Waals surface area contributed by atoms with Gasteiger partial charge in [0.25, 0.3) is 0 Å². The lowest BCUT2D eigenvalue weighted by Crippen LogP contribution is -1.99. The first-order valence-corrected chi connectivity index (χ1v) is 6.81. The zero-order chi connectivity index (χ0) is 13.8. The summed E-state index contributed by atoms with van der Waals surface area (Å²) in [4.78, 5) is 0. The van der Waals surface area contributed by atoms with Gasteiger partial charge < -0.3 is 4.74 Å². The number of benzene rings is 2. The molecule has 5 heteroatoms. The lowest BCUT2D eigenvalue weighted by Gasteiger charge is -2.11. The molecule has 0 fully saturated rings. The van der Waals surface area contributed by atoms with E-state index in [1.807, 2.05) is 6.07 Å². The number of hydrogen-bond donors (Lipinski definition) is 0. The van der Waals surface area contributed by atoms with Crippen molar-refractivity contribution in [1.29, 1.82) is 0 Å². The Balaban J connectivity index is 2.17. The van der Waals surface area contributed by atoms with Gasteiger partial charge in [0.15, 0.2) is 0 Å². The Morgan fingerprint density at radius 1 is 1.05 bits per heavy atom.